The molecule has 0 radical (unpaired) electrons. The average molecular weight is 310 g/mol. The zero-order valence-electron chi connectivity index (χ0n) is 11.5. The molecule has 0 fully saturated rings. The molecule has 0 aliphatic carbocycles. The average Bonchev–Trinajstić information content (AvgIpc) is 2.96. The van der Waals surface area contributed by atoms with Crippen molar-refractivity contribution in [3.63, 3.8) is 0 Å². The van der Waals surface area contributed by atoms with Crippen LogP contribution in [-0.4, -0.2) is 15.5 Å². The molecule has 1 N–H and O–H groups in total. The molecule has 1 aliphatic rings. The van der Waals surface area contributed by atoms with Gasteiger partial charge in [-0.15, -0.1) is 0 Å². The monoisotopic (exact) mass is 309 g/mol. The second kappa shape index (κ2) is 5.00. The molecule has 4 rings (SSSR count). The first-order valence-corrected chi connectivity index (χ1v) is 7.31. The first-order chi connectivity index (χ1) is 10.8. The van der Waals surface area contributed by atoms with E-state index in [1.54, 1.807) is 6.20 Å². The molecule has 0 saturated carbocycles. The van der Waals surface area contributed by atoms with Crippen LogP contribution in [0, 0.1) is 0 Å². The number of carbonyl (C=O) groups is 1. The number of aromatic nitrogens is 2. The van der Waals surface area contributed by atoms with Gasteiger partial charge in [0, 0.05) is 28.7 Å². The van der Waals surface area contributed by atoms with Crippen molar-refractivity contribution in [2.45, 2.75) is 6.04 Å². The van der Waals surface area contributed by atoms with Crippen LogP contribution in [0.1, 0.15) is 27.8 Å². The largest absolute Gasteiger partial charge is 0.319 e. The molecule has 3 aromatic rings. The van der Waals surface area contributed by atoms with Gasteiger partial charge in [0.25, 0.3) is 5.91 Å². The van der Waals surface area contributed by atoms with Crippen molar-refractivity contribution in [3.8, 4) is 0 Å². The number of anilines is 1. The lowest BCUT2D eigenvalue weighted by Crippen LogP contribution is -2.17. The summed E-state index contributed by atoms with van der Waals surface area (Å²) in [5.74, 6) is 0.160. The topological polar surface area (TPSA) is 46.9 Å². The van der Waals surface area contributed by atoms with Gasteiger partial charge in [-0.3, -0.25) is 4.79 Å². The molecule has 1 unspecified atom stereocenters. The molecule has 1 aromatic heterocycles. The molecule has 22 heavy (non-hydrogen) atoms. The maximum absolute atomic E-state index is 12.4. The van der Waals surface area contributed by atoms with Gasteiger partial charge < -0.3 is 9.88 Å². The van der Waals surface area contributed by atoms with E-state index in [1.807, 2.05) is 59.3 Å². The lowest BCUT2D eigenvalue weighted by molar-refractivity contribution is 0.101. The Morgan fingerprint density at radius 1 is 1.05 bits per heavy atom. The van der Waals surface area contributed by atoms with Gasteiger partial charge in [0.1, 0.15) is 0 Å². The van der Waals surface area contributed by atoms with Crippen LogP contribution in [-0.2, 0) is 0 Å². The number of nitrogens with zero attached hydrogens (tertiary/aromatic N) is 2. The quantitative estimate of drug-likeness (QED) is 0.744. The van der Waals surface area contributed by atoms with Crippen molar-refractivity contribution in [3.05, 3.63) is 82.9 Å². The van der Waals surface area contributed by atoms with Crippen molar-refractivity contribution < 1.29 is 4.79 Å². The third-order valence-corrected chi connectivity index (χ3v) is 4.20. The number of hydrogen-bond donors (Lipinski definition) is 1. The third kappa shape index (κ3) is 1.92. The molecule has 4 nitrogen and oxygen atoms in total. The van der Waals surface area contributed by atoms with E-state index in [2.05, 4.69) is 10.3 Å². The first-order valence-electron chi connectivity index (χ1n) is 6.93. The standard InChI is InChI=1S/C17H12ClN3O/c18-13-7-3-1-5-11(13)15-12-6-2-4-8-14(12)20-17(22)16-19-9-10-21(15)16/h1-10,15H,(H,20,22). The molecule has 1 aliphatic heterocycles. The van der Waals surface area contributed by atoms with E-state index in [4.69, 9.17) is 11.6 Å². The van der Waals surface area contributed by atoms with E-state index in [0.717, 1.165) is 16.8 Å². The molecule has 0 bridgehead atoms. The predicted molar refractivity (Wildman–Crippen MR) is 85.3 cm³/mol. The van der Waals surface area contributed by atoms with Crippen LogP contribution in [0.15, 0.2) is 60.9 Å². The number of imidazole rings is 1. The van der Waals surface area contributed by atoms with Crippen LogP contribution in [0.3, 0.4) is 0 Å². The lowest BCUT2D eigenvalue weighted by Gasteiger charge is -2.21. The van der Waals surface area contributed by atoms with Crippen LogP contribution < -0.4 is 5.32 Å². The maximum atomic E-state index is 12.4. The molecule has 108 valence electrons. The number of fused-ring (bicyclic) bond motifs is 2. The van der Waals surface area contributed by atoms with Crippen molar-refractivity contribution in [1.82, 2.24) is 9.55 Å². The Kier molecular flexibility index (Phi) is 2.98. The summed E-state index contributed by atoms with van der Waals surface area (Å²) in [4.78, 5) is 16.6. The highest BCUT2D eigenvalue weighted by atomic mass is 35.5. The summed E-state index contributed by atoms with van der Waals surface area (Å²) >= 11 is 6.41. The number of para-hydroxylation sites is 1. The zero-order chi connectivity index (χ0) is 15.1. The summed E-state index contributed by atoms with van der Waals surface area (Å²) < 4.78 is 1.86. The summed E-state index contributed by atoms with van der Waals surface area (Å²) in [6.07, 6.45) is 3.44. The van der Waals surface area contributed by atoms with Gasteiger partial charge in [-0.05, 0) is 17.7 Å². The Labute approximate surface area is 132 Å². The summed E-state index contributed by atoms with van der Waals surface area (Å²) in [6, 6.07) is 15.2. The van der Waals surface area contributed by atoms with E-state index in [1.165, 1.54) is 0 Å². The third-order valence-electron chi connectivity index (χ3n) is 3.85. The van der Waals surface area contributed by atoms with Crippen molar-refractivity contribution >= 4 is 23.2 Å². The fourth-order valence-corrected chi connectivity index (χ4v) is 3.13. The van der Waals surface area contributed by atoms with Gasteiger partial charge >= 0.3 is 0 Å². The molecule has 0 spiro atoms. The number of amides is 1. The van der Waals surface area contributed by atoms with Crippen LogP contribution in [0.2, 0.25) is 5.02 Å². The van der Waals surface area contributed by atoms with Gasteiger partial charge in [0.2, 0.25) is 0 Å². The van der Waals surface area contributed by atoms with Crippen LogP contribution in [0.4, 0.5) is 5.69 Å². The van der Waals surface area contributed by atoms with Gasteiger partial charge in [-0.2, -0.15) is 0 Å². The van der Waals surface area contributed by atoms with Crippen molar-refractivity contribution in [1.29, 1.82) is 0 Å². The molecule has 2 heterocycles. The Bertz CT molecular complexity index is 872. The number of rotatable bonds is 1. The minimum Gasteiger partial charge on any atom is -0.319 e. The Morgan fingerprint density at radius 3 is 2.59 bits per heavy atom. The highest BCUT2D eigenvalue weighted by Gasteiger charge is 2.29. The van der Waals surface area contributed by atoms with Gasteiger partial charge in [-0.25, -0.2) is 4.98 Å². The maximum Gasteiger partial charge on any atom is 0.291 e. The molecule has 2 aromatic carbocycles. The highest BCUT2D eigenvalue weighted by Crippen LogP contribution is 2.37. The van der Waals surface area contributed by atoms with Gasteiger partial charge in [0.05, 0.1) is 6.04 Å². The molecular formula is C17H12ClN3O. The molecule has 0 saturated heterocycles. The Balaban J connectivity index is 2.04. The van der Waals surface area contributed by atoms with E-state index < -0.39 is 0 Å². The van der Waals surface area contributed by atoms with E-state index in [0.29, 0.717) is 10.8 Å². The minimum absolute atomic E-state index is 0.193. The van der Waals surface area contributed by atoms with E-state index >= 15 is 0 Å². The number of benzene rings is 2. The molecule has 1 amide bonds. The summed E-state index contributed by atoms with van der Waals surface area (Å²) in [7, 11) is 0. The number of carbonyl (C=O) groups excluding carboxylic acids is 1. The number of hydrogen-bond acceptors (Lipinski definition) is 2. The van der Waals surface area contributed by atoms with E-state index in [-0.39, 0.29) is 11.9 Å². The fourth-order valence-electron chi connectivity index (χ4n) is 2.89. The zero-order valence-corrected chi connectivity index (χ0v) is 12.3. The van der Waals surface area contributed by atoms with Crippen LogP contribution >= 0.6 is 11.6 Å². The summed E-state index contributed by atoms with van der Waals surface area (Å²) in [5, 5.41) is 3.58. The Morgan fingerprint density at radius 2 is 1.77 bits per heavy atom. The lowest BCUT2D eigenvalue weighted by atomic mass is 9.97. The van der Waals surface area contributed by atoms with Crippen LogP contribution in [0.5, 0.6) is 0 Å². The second-order valence-corrected chi connectivity index (χ2v) is 5.53. The Hall–Kier alpha value is -2.59. The van der Waals surface area contributed by atoms with Crippen molar-refractivity contribution in [2.24, 2.45) is 0 Å². The predicted octanol–water partition coefficient (Wildman–Crippen LogP) is 3.74. The molecule has 1 atom stereocenters. The van der Waals surface area contributed by atoms with E-state index in [9.17, 15) is 4.79 Å². The van der Waals surface area contributed by atoms with Gasteiger partial charge in [-0.1, -0.05) is 48.0 Å². The van der Waals surface area contributed by atoms with Gasteiger partial charge in [0.15, 0.2) is 5.82 Å². The normalized spacial score (nSPS) is 16.4. The molecular weight excluding hydrogens is 298 g/mol. The fraction of sp³-hybridized carbons (Fsp3) is 0.0588. The number of halogens is 1. The SMILES string of the molecule is O=C1Nc2ccccc2C(c2ccccc2Cl)n2ccnc21. The molecule has 5 heteroatoms. The minimum atomic E-state index is -0.216. The van der Waals surface area contributed by atoms with Crippen LogP contribution in [0.25, 0.3) is 0 Å². The summed E-state index contributed by atoms with van der Waals surface area (Å²) in [5.41, 5.74) is 2.70. The summed E-state index contributed by atoms with van der Waals surface area (Å²) in [6.45, 7) is 0. The highest BCUT2D eigenvalue weighted by molar-refractivity contribution is 6.31. The first kappa shape index (κ1) is 13.1. The second-order valence-electron chi connectivity index (χ2n) is 5.12. The van der Waals surface area contributed by atoms with Crippen molar-refractivity contribution in [2.75, 3.05) is 5.32 Å². The smallest absolute Gasteiger partial charge is 0.291 e. The number of nitrogens with one attached hydrogen (secondary N) is 1.